The van der Waals surface area contributed by atoms with Crippen LogP contribution in [0.3, 0.4) is 0 Å². The molecule has 0 aliphatic carbocycles. The standard InChI is InChI=1S/C23H22N2O2/c26-22(19-9-5-2-6-10-19)15-16-24-21-13-11-20(12-14-21)23(27)25-17-18-7-3-1-4-8-18/h1-14,24H,15-17H2,(H,25,27). The lowest BCUT2D eigenvalue weighted by atomic mass is 10.1. The van der Waals surface area contributed by atoms with E-state index >= 15 is 0 Å². The molecular formula is C23H22N2O2. The predicted molar refractivity (Wildman–Crippen MR) is 108 cm³/mol. The van der Waals surface area contributed by atoms with Gasteiger partial charge in [0.05, 0.1) is 0 Å². The average Bonchev–Trinajstić information content (AvgIpc) is 2.74. The topological polar surface area (TPSA) is 58.2 Å². The molecule has 3 rings (SSSR count). The zero-order valence-corrected chi connectivity index (χ0v) is 15.0. The number of hydrogen-bond acceptors (Lipinski definition) is 3. The summed E-state index contributed by atoms with van der Waals surface area (Å²) in [5.74, 6) is 0.00432. The third-order valence-electron chi connectivity index (χ3n) is 4.22. The molecule has 0 spiro atoms. The van der Waals surface area contributed by atoms with Gasteiger partial charge in [0, 0.05) is 36.3 Å². The first kappa shape index (κ1) is 18.4. The lowest BCUT2D eigenvalue weighted by Gasteiger charge is -2.08. The molecule has 0 unspecified atom stereocenters. The summed E-state index contributed by atoms with van der Waals surface area (Å²) in [5.41, 5.74) is 3.28. The van der Waals surface area contributed by atoms with Crippen LogP contribution in [0, 0.1) is 0 Å². The SMILES string of the molecule is O=C(CCNc1ccc(C(=O)NCc2ccccc2)cc1)c1ccccc1. The van der Waals surface area contributed by atoms with Gasteiger partial charge in [-0.05, 0) is 29.8 Å². The summed E-state index contributed by atoms with van der Waals surface area (Å²) >= 11 is 0. The molecule has 4 heteroatoms. The second kappa shape index (κ2) is 9.34. The molecule has 3 aromatic carbocycles. The Morgan fingerprint density at radius 2 is 1.33 bits per heavy atom. The average molecular weight is 358 g/mol. The predicted octanol–water partition coefficient (Wildman–Crippen LogP) is 4.30. The Hall–Kier alpha value is -3.40. The van der Waals surface area contributed by atoms with Gasteiger partial charge in [-0.1, -0.05) is 60.7 Å². The smallest absolute Gasteiger partial charge is 0.251 e. The molecule has 0 atom stereocenters. The summed E-state index contributed by atoms with van der Waals surface area (Å²) in [6, 6.07) is 26.3. The Kier molecular flexibility index (Phi) is 6.36. The third kappa shape index (κ3) is 5.54. The minimum atomic E-state index is -0.107. The molecule has 27 heavy (non-hydrogen) atoms. The Balaban J connectivity index is 1.45. The number of nitrogens with one attached hydrogen (secondary N) is 2. The fourth-order valence-corrected chi connectivity index (χ4v) is 2.71. The second-order valence-electron chi connectivity index (χ2n) is 6.21. The van der Waals surface area contributed by atoms with Crippen LogP contribution in [-0.2, 0) is 6.54 Å². The van der Waals surface area contributed by atoms with Crippen LogP contribution >= 0.6 is 0 Å². The fourth-order valence-electron chi connectivity index (χ4n) is 2.71. The Bertz CT molecular complexity index is 875. The van der Waals surface area contributed by atoms with Crippen molar-refractivity contribution in [3.8, 4) is 0 Å². The molecule has 3 aromatic rings. The number of anilines is 1. The first-order valence-electron chi connectivity index (χ1n) is 8.97. The summed E-state index contributed by atoms with van der Waals surface area (Å²) < 4.78 is 0. The van der Waals surface area contributed by atoms with E-state index < -0.39 is 0 Å². The lowest BCUT2D eigenvalue weighted by Crippen LogP contribution is -2.22. The highest BCUT2D eigenvalue weighted by Gasteiger charge is 2.06. The minimum absolute atomic E-state index is 0.107. The summed E-state index contributed by atoms with van der Waals surface area (Å²) in [6.45, 7) is 1.05. The van der Waals surface area contributed by atoms with Gasteiger partial charge in [0.15, 0.2) is 5.78 Å². The molecule has 0 aliphatic heterocycles. The van der Waals surface area contributed by atoms with Gasteiger partial charge in [0.2, 0.25) is 0 Å². The van der Waals surface area contributed by atoms with E-state index in [1.165, 1.54) is 0 Å². The van der Waals surface area contributed by atoms with Gasteiger partial charge in [0.25, 0.3) is 5.91 Å². The van der Waals surface area contributed by atoms with Crippen molar-refractivity contribution in [3.63, 3.8) is 0 Å². The molecule has 1 amide bonds. The number of rotatable bonds is 8. The summed E-state index contributed by atoms with van der Waals surface area (Å²) in [4.78, 5) is 24.3. The number of Topliss-reactive ketones (excluding diaryl/α,β-unsaturated/α-hetero) is 1. The van der Waals surface area contributed by atoms with E-state index in [0.29, 0.717) is 25.1 Å². The summed E-state index contributed by atoms with van der Waals surface area (Å²) in [5, 5.41) is 6.12. The Morgan fingerprint density at radius 1 is 0.704 bits per heavy atom. The molecule has 0 bridgehead atoms. The van der Waals surface area contributed by atoms with E-state index in [1.807, 2.05) is 72.8 Å². The van der Waals surface area contributed by atoms with E-state index in [1.54, 1.807) is 12.1 Å². The number of carbonyl (C=O) groups is 2. The second-order valence-corrected chi connectivity index (χ2v) is 6.21. The lowest BCUT2D eigenvalue weighted by molar-refractivity contribution is 0.0949. The van der Waals surface area contributed by atoms with Gasteiger partial charge in [-0.15, -0.1) is 0 Å². The van der Waals surface area contributed by atoms with E-state index in [9.17, 15) is 9.59 Å². The molecule has 0 fully saturated rings. The zero-order chi connectivity index (χ0) is 18.9. The van der Waals surface area contributed by atoms with Gasteiger partial charge in [-0.25, -0.2) is 0 Å². The van der Waals surface area contributed by atoms with E-state index in [4.69, 9.17) is 0 Å². The summed E-state index contributed by atoms with van der Waals surface area (Å²) in [7, 11) is 0. The maximum atomic E-state index is 12.2. The molecule has 0 heterocycles. The van der Waals surface area contributed by atoms with Crippen LogP contribution < -0.4 is 10.6 Å². The molecule has 0 aliphatic rings. The van der Waals surface area contributed by atoms with E-state index in [0.717, 1.165) is 16.8 Å². The van der Waals surface area contributed by atoms with Crippen molar-refractivity contribution in [3.05, 3.63) is 102 Å². The summed E-state index contributed by atoms with van der Waals surface area (Å²) in [6.07, 6.45) is 0.420. The van der Waals surface area contributed by atoms with Crippen LogP contribution in [0.5, 0.6) is 0 Å². The van der Waals surface area contributed by atoms with Crippen LogP contribution in [-0.4, -0.2) is 18.2 Å². The van der Waals surface area contributed by atoms with E-state index in [2.05, 4.69) is 10.6 Å². The number of ketones is 1. The third-order valence-corrected chi connectivity index (χ3v) is 4.22. The molecule has 0 saturated carbocycles. The van der Waals surface area contributed by atoms with Crippen LogP contribution in [0.4, 0.5) is 5.69 Å². The first-order valence-corrected chi connectivity index (χ1v) is 8.97. The van der Waals surface area contributed by atoms with Crippen molar-refractivity contribution in [1.29, 1.82) is 0 Å². The number of hydrogen-bond donors (Lipinski definition) is 2. The van der Waals surface area contributed by atoms with Crippen LogP contribution in [0.15, 0.2) is 84.9 Å². The van der Waals surface area contributed by atoms with Gasteiger partial charge < -0.3 is 10.6 Å². The van der Waals surface area contributed by atoms with Crippen molar-refractivity contribution in [1.82, 2.24) is 5.32 Å². The highest BCUT2D eigenvalue weighted by atomic mass is 16.1. The minimum Gasteiger partial charge on any atom is -0.385 e. The fraction of sp³-hybridized carbons (Fsp3) is 0.130. The molecule has 0 aromatic heterocycles. The van der Waals surface area contributed by atoms with Gasteiger partial charge in [0.1, 0.15) is 0 Å². The molecule has 2 N–H and O–H groups in total. The van der Waals surface area contributed by atoms with Crippen molar-refractivity contribution in [2.45, 2.75) is 13.0 Å². The van der Waals surface area contributed by atoms with Crippen molar-refractivity contribution in [2.24, 2.45) is 0 Å². The number of benzene rings is 3. The van der Waals surface area contributed by atoms with Crippen molar-refractivity contribution in [2.75, 3.05) is 11.9 Å². The van der Waals surface area contributed by atoms with Gasteiger partial charge in [-0.3, -0.25) is 9.59 Å². The number of amides is 1. The van der Waals surface area contributed by atoms with Crippen LogP contribution in [0.2, 0.25) is 0 Å². The van der Waals surface area contributed by atoms with Crippen LogP contribution in [0.25, 0.3) is 0 Å². The molecule has 0 saturated heterocycles. The van der Waals surface area contributed by atoms with Crippen LogP contribution in [0.1, 0.15) is 32.7 Å². The molecular weight excluding hydrogens is 336 g/mol. The Labute approximate surface area is 159 Å². The zero-order valence-electron chi connectivity index (χ0n) is 15.0. The quantitative estimate of drug-likeness (QED) is 0.590. The van der Waals surface area contributed by atoms with E-state index in [-0.39, 0.29) is 11.7 Å². The monoisotopic (exact) mass is 358 g/mol. The number of carbonyl (C=O) groups excluding carboxylic acids is 2. The highest BCUT2D eigenvalue weighted by molar-refractivity contribution is 5.96. The first-order chi connectivity index (χ1) is 13.2. The van der Waals surface area contributed by atoms with Gasteiger partial charge >= 0.3 is 0 Å². The van der Waals surface area contributed by atoms with Gasteiger partial charge in [-0.2, -0.15) is 0 Å². The molecule has 0 radical (unpaired) electrons. The Morgan fingerprint density at radius 3 is 2.00 bits per heavy atom. The molecule has 4 nitrogen and oxygen atoms in total. The normalized spacial score (nSPS) is 10.2. The van der Waals surface area contributed by atoms with Crippen molar-refractivity contribution < 1.29 is 9.59 Å². The van der Waals surface area contributed by atoms with Crippen molar-refractivity contribution >= 4 is 17.4 Å². The maximum absolute atomic E-state index is 12.2. The largest absolute Gasteiger partial charge is 0.385 e. The maximum Gasteiger partial charge on any atom is 0.251 e. The highest BCUT2D eigenvalue weighted by Crippen LogP contribution is 2.11. The molecule has 136 valence electrons.